The predicted molar refractivity (Wildman–Crippen MR) is 106 cm³/mol. The SMILES string of the molecule is CC(=O)Nc1ccc(NC(=O)N(C)Cc2nc3ccccc3s2)c(Cl)c1. The van der Waals surface area contributed by atoms with Gasteiger partial charge in [-0.05, 0) is 30.3 Å². The molecule has 0 radical (unpaired) electrons. The van der Waals surface area contributed by atoms with Crippen LogP contribution in [-0.4, -0.2) is 28.9 Å². The van der Waals surface area contributed by atoms with E-state index in [1.165, 1.54) is 11.8 Å². The normalized spacial score (nSPS) is 10.6. The third-order valence-electron chi connectivity index (χ3n) is 3.59. The molecule has 3 rings (SSSR count). The third kappa shape index (κ3) is 4.30. The molecule has 1 heterocycles. The number of thiazole rings is 1. The maximum absolute atomic E-state index is 12.4. The van der Waals surface area contributed by atoms with Gasteiger partial charge in [0.05, 0.1) is 27.5 Å². The van der Waals surface area contributed by atoms with Crippen molar-refractivity contribution in [3.63, 3.8) is 0 Å². The van der Waals surface area contributed by atoms with E-state index in [1.807, 2.05) is 24.3 Å². The van der Waals surface area contributed by atoms with E-state index < -0.39 is 0 Å². The topological polar surface area (TPSA) is 74.3 Å². The lowest BCUT2D eigenvalue weighted by Gasteiger charge is -2.17. The van der Waals surface area contributed by atoms with Crippen molar-refractivity contribution in [1.29, 1.82) is 0 Å². The van der Waals surface area contributed by atoms with Crippen molar-refractivity contribution in [2.45, 2.75) is 13.5 Å². The lowest BCUT2D eigenvalue weighted by atomic mass is 10.2. The van der Waals surface area contributed by atoms with E-state index >= 15 is 0 Å². The second kappa shape index (κ2) is 7.72. The Morgan fingerprint density at radius 2 is 1.96 bits per heavy atom. The number of carbonyl (C=O) groups excluding carboxylic acids is 2. The van der Waals surface area contributed by atoms with Crippen LogP contribution in [0.5, 0.6) is 0 Å². The van der Waals surface area contributed by atoms with Crippen molar-refractivity contribution in [3.8, 4) is 0 Å². The van der Waals surface area contributed by atoms with Gasteiger partial charge in [0.15, 0.2) is 0 Å². The highest BCUT2D eigenvalue weighted by Crippen LogP contribution is 2.26. The van der Waals surface area contributed by atoms with Crippen LogP contribution in [0.1, 0.15) is 11.9 Å². The highest BCUT2D eigenvalue weighted by atomic mass is 35.5. The number of rotatable bonds is 4. The minimum absolute atomic E-state index is 0.187. The summed E-state index contributed by atoms with van der Waals surface area (Å²) in [6.07, 6.45) is 0. The molecule has 0 aliphatic rings. The van der Waals surface area contributed by atoms with Crippen molar-refractivity contribution in [2.75, 3.05) is 17.7 Å². The summed E-state index contributed by atoms with van der Waals surface area (Å²) in [5.74, 6) is -0.187. The van der Waals surface area contributed by atoms with Gasteiger partial charge < -0.3 is 15.5 Å². The van der Waals surface area contributed by atoms with Crippen LogP contribution in [0.2, 0.25) is 5.02 Å². The fraction of sp³-hybridized carbons (Fsp3) is 0.167. The number of hydrogen-bond donors (Lipinski definition) is 2. The zero-order valence-electron chi connectivity index (χ0n) is 14.2. The number of nitrogens with one attached hydrogen (secondary N) is 2. The largest absolute Gasteiger partial charge is 0.326 e. The second-order valence-corrected chi connectivity index (χ2v) is 7.26. The van der Waals surface area contributed by atoms with Crippen LogP contribution in [0.3, 0.4) is 0 Å². The maximum Gasteiger partial charge on any atom is 0.322 e. The van der Waals surface area contributed by atoms with Crippen LogP contribution in [0.4, 0.5) is 16.2 Å². The highest BCUT2D eigenvalue weighted by molar-refractivity contribution is 7.18. The van der Waals surface area contributed by atoms with E-state index in [0.29, 0.717) is 22.9 Å². The molecule has 0 unspecified atom stereocenters. The van der Waals surface area contributed by atoms with Gasteiger partial charge in [0, 0.05) is 19.7 Å². The van der Waals surface area contributed by atoms with Crippen LogP contribution in [-0.2, 0) is 11.3 Å². The smallest absolute Gasteiger partial charge is 0.322 e. The number of urea groups is 1. The van der Waals surface area contributed by atoms with Crippen LogP contribution in [0.25, 0.3) is 10.2 Å². The van der Waals surface area contributed by atoms with E-state index in [-0.39, 0.29) is 11.9 Å². The van der Waals surface area contributed by atoms with Crippen LogP contribution < -0.4 is 10.6 Å². The zero-order valence-corrected chi connectivity index (χ0v) is 15.8. The minimum atomic E-state index is -0.293. The quantitative estimate of drug-likeness (QED) is 0.687. The molecule has 1 aromatic heterocycles. The summed E-state index contributed by atoms with van der Waals surface area (Å²) in [5, 5.41) is 6.61. The van der Waals surface area contributed by atoms with Crippen molar-refractivity contribution in [1.82, 2.24) is 9.88 Å². The van der Waals surface area contributed by atoms with Crippen LogP contribution in [0, 0.1) is 0 Å². The molecule has 2 aromatic carbocycles. The molecular weight excluding hydrogens is 372 g/mol. The molecule has 0 aliphatic heterocycles. The Morgan fingerprint density at radius 3 is 2.65 bits per heavy atom. The van der Waals surface area contributed by atoms with E-state index in [9.17, 15) is 9.59 Å². The number of anilines is 2. The van der Waals surface area contributed by atoms with Gasteiger partial charge in [-0.25, -0.2) is 9.78 Å². The molecule has 0 fully saturated rings. The molecule has 0 aliphatic carbocycles. The van der Waals surface area contributed by atoms with Crippen molar-refractivity contribution in [3.05, 3.63) is 52.5 Å². The molecule has 3 amide bonds. The first-order chi connectivity index (χ1) is 12.4. The molecule has 0 saturated carbocycles. The Morgan fingerprint density at radius 1 is 1.19 bits per heavy atom. The molecule has 0 bridgehead atoms. The lowest BCUT2D eigenvalue weighted by molar-refractivity contribution is -0.114. The molecule has 8 heteroatoms. The number of nitrogens with zero attached hydrogens (tertiary/aromatic N) is 2. The Balaban J connectivity index is 1.66. The lowest BCUT2D eigenvalue weighted by Crippen LogP contribution is -2.30. The molecule has 6 nitrogen and oxygen atoms in total. The summed E-state index contributed by atoms with van der Waals surface area (Å²) in [6.45, 7) is 1.81. The Labute approximate surface area is 159 Å². The summed E-state index contributed by atoms with van der Waals surface area (Å²) in [5.41, 5.74) is 1.98. The van der Waals surface area contributed by atoms with Gasteiger partial charge in [0.1, 0.15) is 5.01 Å². The minimum Gasteiger partial charge on any atom is -0.326 e. The van der Waals surface area contributed by atoms with E-state index in [2.05, 4.69) is 15.6 Å². The monoisotopic (exact) mass is 388 g/mol. The number of carbonyl (C=O) groups is 2. The first-order valence-electron chi connectivity index (χ1n) is 7.86. The average Bonchev–Trinajstić information content (AvgIpc) is 2.98. The van der Waals surface area contributed by atoms with E-state index in [4.69, 9.17) is 11.6 Å². The second-order valence-electron chi connectivity index (χ2n) is 5.74. The number of halogens is 1. The van der Waals surface area contributed by atoms with Gasteiger partial charge in [-0.15, -0.1) is 11.3 Å². The number of para-hydroxylation sites is 1. The van der Waals surface area contributed by atoms with Crippen LogP contribution in [0.15, 0.2) is 42.5 Å². The molecule has 3 aromatic rings. The molecule has 26 heavy (non-hydrogen) atoms. The number of benzene rings is 2. The third-order valence-corrected chi connectivity index (χ3v) is 4.92. The fourth-order valence-corrected chi connectivity index (χ4v) is 3.62. The molecule has 0 saturated heterocycles. The van der Waals surface area contributed by atoms with Crippen molar-refractivity contribution in [2.24, 2.45) is 0 Å². The van der Waals surface area contributed by atoms with Crippen molar-refractivity contribution < 1.29 is 9.59 Å². The maximum atomic E-state index is 12.4. The van der Waals surface area contributed by atoms with E-state index in [1.54, 1.807) is 36.6 Å². The average molecular weight is 389 g/mol. The van der Waals surface area contributed by atoms with Gasteiger partial charge in [-0.1, -0.05) is 23.7 Å². The number of aromatic nitrogens is 1. The van der Waals surface area contributed by atoms with Gasteiger partial charge in [-0.3, -0.25) is 4.79 Å². The summed E-state index contributed by atoms with van der Waals surface area (Å²) in [6, 6.07) is 12.5. The van der Waals surface area contributed by atoms with Gasteiger partial charge >= 0.3 is 6.03 Å². The van der Waals surface area contributed by atoms with Crippen LogP contribution >= 0.6 is 22.9 Å². The summed E-state index contributed by atoms with van der Waals surface area (Å²) >= 11 is 7.74. The Bertz CT molecular complexity index is 940. The van der Waals surface area contributed by atoms with E-state index in [0.717, 1.165) is 15.2 Å². The number of hydrogen-bond acceptors (Lipinski definition) is 4. The molecule has 134 valence electrons. The number of fused-ring (bicyclic) bond motifs is 1. The molecule has 2 N–H and O–H groups in total. The fourth-order valence-electron chi connectivity index (χ4n) is 2.37. The Hall–Kier alpha value is -2.64. The first-order valence-corrected chi connectivity index (χ1v) is 9.05. The number of amides is 3. The Kier molecular flexibility index (Phi) is 5.39. The summed E-state index contributed by atoms with van der Waals surface area (Å²) < 4.78 is 1.09. The van der Waals surface area contributed by atoms with Gasteiger partial charge in [-0.2, -0.15) is 0 Å². The first kappa shape index (κ1) is 18.2. The van der Waals surface area contributed by atoms with Crippen molar-refractivity contribution >= 4 is 56.5 Å². The molecular formula is C18H17ClN4O2S. The summed E-state index contributed by atoms with van der Waals surface area (Å²) in [7, 11) is 1.70. The standard InChI is InChI=1S/C18H17ClN4O2S/c1-11(24)20-12-7-8-14(13(19)9-12)22-18(25)23(2)10-17-21-15-5-3-4-6-16(15)26-17/h3-9H,10H2,1-2H3,(H,20,24)(H,22,25). The highest BCUT2D eigenvalue weighted by Gasteiger charge is 2.14. The predicted octanol–water partition coefficient (Wildman–Crippen LogP) is 4.57. The molecule has 0 atom stereocenters. The summed E-state index contributed by atoms with van der Waals surface area (Å²) in [4.78, 5) is 29.6. The van der Waals surface area contributed by atoms with Gasteiger partial charge in [0.25, 0.3) is 0 Å². The van der Waals surface area contributed by atoms with Gasteiger partial charge in [0.2, 0.25) is 5.91 Å². The molecule has 0 spiro atoms. The zero-order chi connectivity index (χ0) is 18.7.